The average molecular weight is 432 g/mol. The van der Waals surface area contributed by atoms with Gasteiger partial charge >= 0.3 is 12.1 Å². The third kappa shape index (κ3) is 5.13. The summed E-state index contributed by atoms with van der Waals surface area (Å²) in [6.45, 7) is 7.73. The van der Waals surface area contributed by atoms with Gasteiger partial charge in [-0.2, -0.15) is 0 Å². The number of pyridine rings is 1. The fraction of sp³-hybridized carbons (Fsp3) is 0.381. The number of rotatable bonds is 7. The second-order valence-corrected chi connectivity index (χ2v) is 7.99. The summed E-state index contributed by atoms with van der Waals surface area (Å²) in [6.07, 6.45) is 0.877. The molecular formula is C21H26ClN5O3. The molecule has 1 saturated heterocycles. The number of urea groups is 2. The van der Waals surface area contributed by atoms with Crippen LogP contribution in [0.1, 0.15) is 33.3 Å². The molecule has 0 saturated carbocycles. The molecule has 1 atom stereocenters. The van der Waals surface area contributed by atoms with Crippen LogP contribution in [-0.4, -0.2) is 45.3 Å². The summed E-state index contributed by atoms with van der Waals surface area (Å²) in [5.41, 5.74) is 1.53. The number of halogens is 1. The number of ether oxygens (including phenoxy) is 1. The lowest BCUT2D eigenvalue weighted by molar-refractivity contribution is 0.0974. The molecule has 1 aromatic heterocycles. The minimum Gasteiger partial charge on any atom is -0.475 e. The summed E-state index contributed by atoms with van der Waals surface area (Å²) in [5.74, 6) is 0.503. The van der Waals surface area contributed by atoms with Gasteiger partial charge in [-0.15, -0.1) is 0 Å². The minimum absolute atomic E-state index is 0.0171. The van der Waals surface area contributed by atoms with E-state index in [4.69, 9.17) is 16.3 Å². The van der Waals surface area contributed by atoms with Gasteiger partial charge in [0.05, 0.1) is 24.5 Å². The monoisotopic (exact) mass is 431 g/mol. The van der Waals surface area contributed by atoms with Crippen molar-refractivity contribution >= 4 is 29.4 Å². The highest BCUT2D eigenvalue weighted by Gasteiger charge is 2.39. The van der Waals surface area contributed by atoms with Gasteiger partial charge in [0, 0.05) is 17.1 Å². The van der Waals surface area contributed by atoms with E-state index in [1.54, 1.807) is 49.2 Å². The SMILES string of the molecule is CC(C)Oc1ccc(NC2NC(=O)N(C(C)C)C(=O)N2Cc2ccc(Cl)cc2)cn1. The van der Waals surface area contributed by atoms with Crippen LogP contribution in [-0.2, 0) is 6.54 Å². The van der Waals surface area contributed by atoms with Crippen molar-refractivity contribution in [1.82, 2.24) is 20.1 Å². The zero-order valence-corrected chi connectivity index (χ0v) is 18.2. The Labute approximate surface area is 181 Å². The lowest BCUT2D eigenvalue weighted by Crippen LogP contribution is -2.68. The fourth-order valence-corrected chi connectivity index (χ4v) is 3.18. The molecule has 2 heterocycles. The Balaban J connectivity index is 1.82. The standard InChI is InChI=1S/C21H26ClN5O3/c1-13(2)27-20(28)25-19(24-17-9-10-18(23-11-17)30-14(3)4)26(21(27)29)12-15-5-7-16(22)8-6-15/h5-11,13-14,19,24H,12H2,1-4H3,(H,25,28). The Morgan fingerprint density at radius 2 is 1.83 bits per heavy atom. The van der Waals surface area contributed by atoms with Crippen LogP contribution in [0.3, 0.4) is 0 Å². The predicted octanol–water partition coefficient (Wildman–Crippen LogP) is 4.27. The summed E-state index contributed by atoms with van der Waals surface area (Å²) in [6, 6.07) is 9.65. The van der Waals surface area contributed by atoms with Crippen molar-refractivity contribution in [2.75, 3.05) is 5.32 Å². The lowest BCUT2D eigenvalue weighted by Gasteiger charge is -2.42. The van der Waals surface area contributed by atoms with Gasteiger partial charge in [0.1, 0.15) is 0 Å². The highest BCUT2D eigenvalue weighted by Crippen LogP contribution is 2.21. The van der Waals surface area contributed by atoms with Crippen molar-refractivity contribution in [3.8, 4) is 5.88 Å². The minimum atomic E-state index is -0.741. The first-order chi connectivity index (χ1) is 14.2. The van der Waals surface area contributed by atoms with Crippen LogP contribution in [0.5, 0.6) is 5.88 Å². The quantitative estimate of drug-likeness (QED) is 0.683. The highest BCUT2D eigenvalue weighted by molar-refractivity contribution is 6.30. The van der Waals surface area contributed by atoms with Gasteiger partial charge in [0.15, 0.2) is 6.29 Å². The van der Waals surface area contributed by atoms with Crippen LogP contribution in [0.4, 0.5) is 15.3 Å². The maximum atomic E-state index is 13.1. The molecule has 1 aliphatic heterocycles. The molecule has 0 aliphatic carbocycles. The van der Waals surface area contributed by atoms with E-state index in [0.717, 1.165) is 5.56 Å². The van der Waals surface area contributed by atoms with Crippen molar-refractivity contribution < 1.29 is 14.3 Å². The van der Waals surface area contributed by atoms with Crippen LogP contribution in [0, 0.1) is 0 Å². The number of anilines is 1. The smallest absolute Gasteiger partial charge is 0.331 e. The fourth-order valence-electron chi connectivity index (χ4n) is 3.05. The molecule has 9 heteroatoms. The number of amides is 4. The zero-order chi connectivity index (χ0) is 21.8. The second kappa shape index (κ2) is 9.21. The Morgan fingerprint density at radius 1 is 1.13 bits per heavy atom. The maximum Gasteiger partial charge on any atom is 0.331 e. The molecule has 30 heavy (non-hydrogen) atoms. The van der Waals surface area contributed by atoms with Gasteiger partial charge in [0.2, 0.25) is 5.88 Å². The molecule has 1 aromatic carbocycles. The van der Waals surface area contributed by atoms with Gasteiger partial charge in [0.25, 0.3) is 0 Å². The van der Waals surface area contributed by atoms with Crippen molar-refractivity contribution in [2.45, 2.75) is 52.7 Å². The second-order valence-electron chi connectivity index (χ2n) is 7.55. The molecule has 2 aromatic rings. The zero-order valence-electron chi connectivity index (χ0n) is 17.4. The first-order valence-corrected chi connectivity index (χ1v) is 10.2. The Kier molecular flexibility index (Phi) is 6.66. The van der Waals surface area contributed by atoms with E-state index in [-0.39, 0.29) is 18.2 Å². The first-order valence-electron chi connectivity index (χ1n) is 9.78. The summed E-state index contributed by atoms with van der Waals surface area (Å²) in [4.78, 5) is 32.7. The van der Waals surface area contributed by atoms with Crippen molar-refractivity contribution in [3.63, 3.8) is 0 Å². The number of carbonyl (C=O) groups excluding carboxylic acids is 2. The van der Waals surface area contributed by atoms with Crippen LogP contribution >= 0.6 is 11.6 Å². The van der Waals surface area contributed by atoms with E-state index >= 15 is 0 Å². The molecule has 1 unspecified atom stereocenters. The molecule has 1 fully saturated rings. The maximum absolute atomic E-state index is 13.1. The number of carbonyl (C=O) groups is 2. The molecule has 160 valence electrons. The van der Waals surface area contributed by atoms with E-state index in [9.17, 15) is 9.59 Å². The number of nitrogens with one attached hydrogen (secondary N) is 2. The van der Waals surface area contributed by atoms with Gasteiger partial charge < -0.3 is 10.1 Å². The molecule has 1 aliphatic rings. The van der Waals surface area contributed by atoms with Crippen LogP contribution in [0.25, 0.3) is 0 Å². The summed E-state index contributed by atoms with van der Waals surface area (Å²) in [7, 11) is 0. The Bertz CT molecular complexity index is 887. The van der Waals surface area contributed by atoms with E-state index in [0.29, 0.717) is 23.1 Å². The molecule has 0 radical (unpaired) electrons. The van der Waals surface area contributed by atoms with Crippen molar-refractivity contribution in [3.05, 3.63) is 53.2 Å². The molecule has 8 nitrogen and oxygen atoms in total. The van der Waals surface area contributed by atoms with Crippen molar-refractivity contribution in [2.24, 2.45) is 0 Å². The highest BCUT2D eigenvalue weighted by atomic mass is 35.5. The Hall–Kier alpha value is -3.00. The summed E-state index contributed by atoms with van der Waals surface area (Å²) >= 11 is 5.97. The number of hydrogen-bond donors (Lipinski definition) is 2. The van der Waals surface area contributed by atoms with E-state index in [1.807, 2.05) is 26.0 Å². The third-order valence-electron chi connectivity index (χ3n) is 4.42. The number of benzene rings is 1. The topological polar surface area (TPSA) is 86.8 Å². The van der Waals surface area contributed by atoms with Crippen LogP contribution in [0.15, 0.2) is 42.6 Å². The van der Waals surface area contributed by atoms with Crippen LogP contribution in [0.2, 0.25) is 5.02 Å². The van der Waals surface area contributed by atoms with Gasteiger partial charge in [-0.25, -0.2) is 19.5 Å². The normalized spacial score (nSPS) is 16.8. The van der Waals surface area contributed by atoms with Gasteiger partial charge in [-0.1, -0.05) is 23.7 Å². The average Bonchev–Trinajstić information content (AvgIpc) is 2.67. The summed E-state index contributed by atoms with van der Waals surface area (Å²) < 4.78 is 5.55. The molecule has 4 amide bonds. The molecule has 0 bridgehead atoms. The van der Waals surface area contributed by atoms with E-state index < -0.39 is 12.3 Å². The van der Waals surface area contributed by atoms with Gasteiger partial charge in [-0.05, 0) is 51.5 Å². The molecule has 3 rings (SSSR count). The van der Waals surface area contributed by atoms with Gasteiger partial charge in [-0.3, -0.25) is 10.2 Å². The largest absolute Gasteiger partial charge is 0.475 e. The predicted molar refractivity (Wildman–Crippen MR) is 115 cm³/mol. The molecular weight excluding hydrogens is 406 g/mol. The first kappa shape index (κ1) is 21.7. The summed E-state index contributed by atoms with van der Waals surface area (Å²) in [5, 5.41) is 6.63. The molecule has 2 N–H and O–H groups in total. The number of hydrogen-bond acceptors (Lipinski definition) is 5. The number of nitrogens with zero attached hydrogens (tertiary/aromatic N) is 3. The third-order valence-corrected chi connectivity index (χ3v) is 4.67. The van der Waals surface area contributed by atoms with E-state index in [1.165, 1.54) is 4.90 Å². The van der Waals surface area contributed by atoms with Crippen LogP contribution < -0.4 is 15.4 Å². The number of imide groups is 1. The lowest BCUT2D eigenvalue weighted by atomic mass is 10.2. The van der Waals surface area contributed by atoms with Crippen molar-refractivity contribution in [1.29, 1.82) is 0 Å². The van der Waals surface area contributed by atoms with E-state index in [2.05, 4.69) is 15.6 Å². The number of aromatic nitrogens is 1. The molecule has 0 spiro atoms. The Morgan fingerprint density at radius 3 is 2.40 bits per heavy atom.